The predicted molar refractivity (Wildman–Crippen MR) is 145 cm³/mol. The summed E-state index contributed by atoms with van der Waals surface area (Å²) in [5.41, 5.74) is 0. The van der Waals surface area contributed by atoms with Crippen LogP contribution in [-0.2, 0) is 28.7 Å². The van der Waals surface area contributed by atoms with Crippen molar-refractivity contribution < 1.29 is 28.7 Å². The molecule has 8 heteroatoms. The highest BCUT2D eigenvalue weighted by Gasteiger charge is 2.48. The van der Waals surface area contributed by atoms with E-state index in [0.29, 0.717) is 18.9 Å². The third kappa shape index (κ3) is 11.6. The second kappa shape index (κ2) is 17.2. The molecule has 1 heterocycles. The van der Waals surface area contributed by atoms with E-state index in [1.54, 1.807) is 0 Å². The van der Waals surface area contributed by atoms with Gasteiger partial charge in [0.2, 0.25) is 11.6 Å². The van der Waals surface area contributed by atoms with Crippen LogP contribution < -0.4 is 0 Å². The van der Waals surface area contributed by atoms with Gasteiger partial charge in [-0.05, 0) is 44.7 Å². The molecule has 0 amide bonds. The van der Waals surface area contributed by atoms with Crippen LogP contribution in [0, 0.1) is 11.3 Å². The van der Waals surface area contributed by atoms with Crippen molar-refractivity contribution in [2.24, 2.45) is 0 Å². The van der Waals surface area contributed by atoms with Gasteiger partial charge >= 0.3 is 8.56 Å². The average Bonchev–Trinajstić information content (AvgIpc) is 2.94. The monoisotopic (exact) mass is 539 g/mol. The minimum atomic E-state index is -2.90. The summed E-state index contributed by atoms with van der Waals surface area (Å²) in [6.45, 7) is 1.97. The van der Waals surface area contributed by atoms with Gasteiger partial charge in [0.15, 0.2) is 0 Å². The molecule has 0 radical (unpaired) electrons. The van der Waals surface area contributed by atoms with E-state index in [9.17, 15) is 0 Å². The normalized spacial score (nSPS) is 29.7. The Morgan fingerprint density at radius 3 is 1.19 bits per heavy atom. The maximum absolute atomic E-state index is 9.10. The van der Waals surface area contributed by atoms with E-state index >= 15 is 0 Å². The summed E-state index contributed by atoms with van der Waals surface area (Å²) in [5, 5.41) is 9.10. The molecule has 0 atom stereocenters. The van der Waals surface area contributed by atoms with Gasteiger partial charge < -0.3 is 0 Å². The van der Waals surface area contributed by atoms with E-state index in [0.717, 1.165) is 77.0 Å². The first-order chi connectivity index (χ1) is 18.1. The van der Waals surface area contributed by atoms with Gasteiger partial charge in [0.25, 0.3) is 0 Å². The van der Waals surface area contributed by atoms with Crippen LogP contribution in [0.4, 0.5) is 0 Å². The lowest BCUT2D eigenvalue weighted by atomic mass is 9.97. The van der Waals surface area contributed by atoms with Crippen LogP contribution in [0.15, 0.2) is 0 Å². The number of nitriles is 1. The molecule has 3 aliphatic rings. The lowest BCUT2D eigenvalue weighted by Crippen LogP contribution is -2.44. The van der Waals surface area contributed by atoms with Crippen molar-refractivity contribution in [2.75, 3.05) is 0 Å². The van der Waals surface area contributed by atoms with Crippen LogP contribution in [0.1, 0.15) is 154 Å². The Morgan fingerprint density at radius 2 is 0.865 bits per heavy atom. The largest absolute Gasteiger partial charge is 0.407 e. The minimum absolute atomic E-state index is 0.457. The molecular weight excluding hydrogens is 486 g/mol. The summed E-state index contributed by atoms with van der Waals surface area (Å²) < 4.78 is 12.3. The van der Waals surface area contributed by atoms with Crippen LogP contribution >= 0.6 is 0 Å². The van der Waals surface area contributed by atoms with Crippen LogP contribution in [-0.4, -0.2) is 20.1 Å². The molecule has 2 spiro atoms. The Kier molecular flexibility index (Phi) is 14.4. The van der Waals surface area contributed by atoms with Crippen molar-refractivity contribution >= 4 is 8.56 Å². The van der Waals surface area contributed by atoms with Crippen molar-refractivity contribution in [3.63, 3.8) is 0 Å². The van der Waals surface area contributed by atoms with Gasteiger partial charge in [-0.2, -0.15) is 15.0 Å². The number of hydrogen-bond donors (Lipinski definition) is 0. The van der Waals surface area contributed by atoms with Gasteiger partial charge in [0.05, 0.1) is 6.07 Å². The second-order valence-corrected chi connectivity index (χ2v) is 14.9. The fraction of sp³-hybridized carbons (Fsp3) is 0.966. The van der Waals surface area contributed by atoms with Crippen LogP contribution in [0.2, 0.25) is 12.6 Å². The summed E-state index contributed by atoms with van der Waals surface area (Å²) in [4.78, 5) is 25.2. The van der Waals surface area contributed by atoms with Crippen molar-refractivity contribution in [1.82, 2.24) is 0 Å². The van der Waals surface area contributed by atoms with Crippen molar-refractivity contribution in [3.05, 3.63) is 0 Å². The van der Waals surface area contributed by atoms with Gasteiger partial charge in [-0.1, -0.05) is 89.9 Å². The average molecular weight is 540 g/mol. The molecule has 2 aliphatic carbocycles. The molecule has 3 rings (SSSR count). The molecule has 0 aromatic rings. The molecule has 0 N–H and O–H groups in total. The molecular formula is C29H53NO6Si. The highest BCUT2D eigenvalue weighted by atomic mass is 28.4. The van der Waals surface area contributed by atoms with Crippen LogP contribution in [0.3, 0.4) is 0 Å². The molecule has 37 heavy (non-hydrogen) atoms. The Bertz CT molecular complexity index is 591. The maximum Gasteiger partial charge on any atom is 0.407 e. The van der Waals surface area contributed by atoms with Gasteiger partial charge in [0.1, 0.15) is 0 Å². The molecule has 0 aromatic carbocycles. The second-order valence-electron chi connectivity index (χ2n) is 11.8. The summed E-state index contributed by atoms with van der Waals surface area (Å²) in [6, 6.07) is 2.85. The molecule has 1 aliphatic heterocycles. The lowest BCUT2D eigenvalue weighted by Gasteiger charge is -2.35. The zero-order chi connectivity index (χ0) is 26.1. The summed E-state index contributed by atoms with van der Waals surface area (Å²) in [6.07, 6.45) is 25.6. The van der Waals surface area contributed by atoms with Crippen LogP contribution in [0.25, 0.3) is 0 Å². The molecule has 1 saturated heterocycles. The Hall–Kier alpha value is -0.533. The Labute approximate surface area is 226 Å². The molecule has 2 saturated carbocycles. The first-order valence-electron chi connectivity index (χ1n) is 15.6. The number of unbranched alkanes of at least 4 members (excludes halogenated alkanes) is 1. The Morgan fingerprint density at radius 1 is 0.541 bits per heavy atom. The molecule has 0 bridgehead atoms. The zero-order valence-corrected chi connectivity index (χ0v) is 24.6. The fourth-order valence-electron chi connectivity index (χ4n) is 5.73. The van der Waals surface area contributed by atoms with E-state index in [1.165, 1.54) is 64.2 Å². The fourth-order valence-corrected chi connectivity index (χ4v) is 7.40. The number of hydrogen-bond acceptors (Lipinski definition) is 7. The molecule has 0 aromatic heterocycles. The van der Waals surface area contributed by atoms with E-state index in [1.807, 2.05) is 6.55 Å². The SMILES string of the molecule is C[Si]1(CCCC#N)OOC2(CCCCCCCCCCC2)OOC2(CCCCCCCCCCC2)OO1. The molecule has 7 nitrogen and oxygen atoms in total. The first kappa shape index (κ1) is 31.0. The van der Waals surface area contributed by atoms with Gasteiger partial charge in [0, 0.05) is 32.1 Å². The van der Waals surface area contributed by atoms with E-state index in [-0.39, 0.29) is 0 Å². The smallest absolute Gasteiger partial charge is 0.246 e. The Balaban J connectivity index is 1.82. The molecule has 3 fully saturated rings. The predicted octanol–water partition coefficient (Wildman–Crippen LogP) is 9.22. The highest BCUT2D eigenvalue weighted by Crippen LogP contribution is 2.39. The van der Waals surface area contributed by atoms with Gasteiger partial charge in [-0.15, -0.1) is 0 Å². The molecule has 0 unspecified atom stereocenters. The highest BCUT2D eigenvalue weighted by molar-refractivity contribution is 6.65. The van der Waals surface area contributed by atoms with Crippen molar-refractivity contribution in [2.45, 2.75) is 178 Å². The summed E-state index contributed by atoms with van der Waals surface area (Å²) >= 11 is 0. The molecule has 214 valence electrons. The van der Waals surface area contributed by atoms with E-state index in [2.05, 4.69) is 6.07 Å². The minimum Gasteiger partial charge on any atom is -0.246 e. The van der Waals surface area contributed by atoms with E-state index < -0.39 is 20.1 Å². The lowest BCUT2D eigenvalue weighted by molar-refractivity contribution is -0.552. The van der Waals surface area contributed by atoms with Crippen molar-refractivity contribution in [3.8, 4) is 6.07 Å². The zero-order valence-electron chi connectivity index (χ0n) is 23.6. The number of rotatable bonds is 3. The first-order valence-corrected chi connectivity index (χ1v) is 18.1. The maximum atomic E-state index is 9.10. The topological polar surface area (TPSA) is 79.2 Å². The quantitative estimate of drug-likeness (QED) is 0.201. The third-order valence-corrected chi connectivity index (χ3v) is 10.4. The third-order valence-electron chi connectivity index (χ3n) is 8.24. The standard InChI is InChI=1S/C29H53NO6Si/c1-37(27-21-20-26-30)35-33-28(22-16-12-8-4-2-5-9-13-17-23-28)31-32-29(34-36-37)24-18-14-10-6-3-7-11-15-19-25-29/h2-25,27H2,1H3. The van der Waals surface area contributed by atoms with Crippen LogP contribution in [0.5, 0.6) is 0 Å². The van der Waals surface area contributed by atoms with Gasteiger partial charge in [-0.3, -0.25) is 0 Å². The van der Waals surface area contributed by atoms with Crippen molar-refractivity contribution in [1.29, 1.82) is 5.26 Å². The van der Waals surface area contributed by atoms with Gasteiger partial charge in [-0.25, -0.2) is 18.9 Å². The van der Waals surface area contributed by atoms with E-state index in [4.69, 9.17) is 34.0 Å². The number of nitrogens with zero attached hydrogens (tertiary/aromatic N) is 1. The summed E-state index contributed by atoms with van der Waals surface area (Å²) in [5.74, 6) is -1.92. The summed E-state index contributed by atoms with van der Waals surface area (Å²) in [7, 11) is -2.90.